The molecule has 354 valence electrons. The monoisotopic (exact) mass is 924 g/mol. The number of fused-ring (bicyclic) bond motifs is 1. The van der Waals surface area contributed by atoms with Crippen molar-refractivity contribution < 1.29 is 70.5 Å². The van der Waals surface area contributed by atoms with Crippen molar-refractivity contribution in [3.63, 3.8) is 0 Å². The minimum atomic E-state index is -1.90. The van der Waals surface area contributed by atoms with Crippen molar-refractivity contribution in [1.29, 1.82) is 0 Å². The van der Waals surface area contributed by atoms with E-state index in [9.17, 15) is 32.8 Å². The fraction of sp³-hybridized carbons (Fsp3) is 0.512. The quantitative estimate of drug-likeness (QED) is 0.0787. The summed E-state index contributed by atoms with van der Waals surface area (Å²) in [5.41, 5.74) is -1.90. The minimum Gasteiger partial charge on any atom is -0.482 e. The van der Waals surface area contributed by atoms with Crippen LogP contribution in [0, 0.1) is 11.6 Å². The van der Waals surface area contributed by atoms with Crippen LogP contribution in [0.4, 0.5) is 18.4 Å². The number of amides is 2. The van der Waals surface area contributed by atoms with Crippen molar-refractivity contribution in [2.45, 2.75) is 98.9 Å². The number of nitrogens with one attached hydrogen (secondary N) is 1. The lowest BCUT2D eigenvalue weighted by atomic mass is 10.0. The van der Waals surface area contributed by atoms with E-state index in [-0.39, 0.29) is 70.3 Å². The van der Waals surface area contributed by atoms with Gasteiger partial charge in [-0.1, -0.05) is 43.8 Å². The van der Waals surface area contributed by atoms with Gasteiger partial charge in [-0.2, -0.15) is 0 Å². The third-order valence-corrected chi connectivity index (χ3v) is 10.5. The van der Waals surface area contributed by atoms with Gasteiger partial charge in [0.2, 0.25) is 19.0 Å². The van der Waals surface area contributed by atoms with Crippen LogP contribution in [0.3, 0.4) is 0 Å². The Labute approximate surface area is 372 Å². The van der Waals surface area contributed by atoms with Gasteiger partial charge in [0, 0.05) is 56.7 Å². The molecule has 2 aliphatic heterocycles. The third kappa shape index (κ3) is 14.8. The molecule has 18 nitrogen and oxygen atoms in total. The fourth-order valence-corrected chi connectivity index (χ4v) is 7.28. The molecule has 3 heterocycles. The third-order valence-electron chi connectivity index (χ3n) is 9.05. The van der Waals surface area contributed by atoms with Crippen LogP contribution in [-0.4, -0.2) is 109 Å². The lowest BCUT2D eigenvalue weighted by Crippen LogP contribution is -2.70. The maximum atomic E-state index is 14.5. The Bertz CT molecular complexity index is 2040. The zero-order valence-corrected chi connectivity index (χ0v) is 37.2. The van der Waals surface area contributed by atoms with Gasteiger partial charge in [-0.05, 0) is 59.6 Å². The van der Waals surface area contributed by atoms with E-state index in [1.165, 1.54) is 21.8 Å². The SMILES string of the molecule is C.CC(C)O.CC(C)OC(=O)OCOP(CCCN1n2cc(C(=O)NCc3ccc(F)cc3F)c(=O)c(OCc3ccccc3)c2C(=O)N(C)C12CCOC2)OCOC(=O)OC(C)C. The summed E-state index contributed by atoms with van der Waals surface area (Å²) in [4.78, 5) is 67.7. The van der Waals surface area contributed by atoms with E-state index in [0.29, 0.717) is 18.1 Å². The van der Waals surface area contributed by atoms with Gasteiger partial charge in [0.15, 0.2) is 25.5 Å². The summed E-state index contributed by atoms with van der Waals surface area (Å²) in [7, 11) is -0.318. The van der Waals surface area contributed by atoms with Crippen molar-refractivity contribution in [3.8, 4) is 5.75 Å². The molecule has 0 radical (unpaired) electrons. The standard InChI is InChI=1S/C39H47F2N4O13P.C3H8O.CH4/c1-25(2)57-37(49)53-23-55-59(56-24-54-38(50)58-26(3)4)17-9-15-45-39(14-16-51-22-39)43(5)36(48)32-34(52-21-27-10-7-6-8-11-27)33(46)30(20-44(32)45)35(47)42-19-28-12-13-29(40)18-31(28)41;1-3(2)4;/h6-8,10-13,18,20,25-26H,9,14-17,19,21-24H2,1-5H3,(H,42,47);3-4H,1-2H3;1H4. The number of carbonyl (C=O) groups excluding carboxylic acids is 4. The molecule has 2 aromatic carbocycles. The Kier molecular flexibility index (Phi) is 20.8. The topological polar surface area (TPSA) is 203 Å². The van der Waals surface area contributed by atoms with Gasteiger partial charge < -0.3 is 43.7 Å². The molecule has 1 spiro atoms. The fourth-order valence-electron chi connectivity index (χ4n) is 6.21. The van der Waals surface area contributed by atoms with Crippen LogP contribution in [0.15, 0.2) is 59.5 Å². The summed E-state index contributed by atoms with van der Waals surface area (Å²) in [5, 5.41) is 12.4. The molecular formula is C43H59F2N4O14P. The number of likely N-dealkylation sites (N-methyl/N-ethyl adjacent to an activating group) is 1. The number of halogens is 2. The highest BCUT2D eigenvalue weighted by molar-refractivity contribution is 7.47. The van der Waals surface area contributed by atoms with Crippen molar-refractivity contribution in [1.82, 2.24) is 14.9 Å². The molecule has 3 aromatic rings. The molecule has 64 heavy (non-hydrogen) atoms. The van der Waals surface area contributed by atoms with E-state index in [4.69, 9.17) is 42.6 Å². The summed E-state index contributed by atoms with van der Waals surface area (Å²) in [6.07, 6.45) is -0.973. The molecule has 0 bridgehead atoms. The molecule has 0 saturated carbocycles. The van der Waals surface area contributed by atoms with E-state index in [1.54, 1.807) is 83.9 Å². The molecule has 1 fully saturated rings. The van der Waals surface area contributed by atoms with Gasteiger partial charge >= 0.3 is 12.3 Å². The van der Waals surface area contributed by atoms with Crippen molar-refractivity contribution >= 4 is 32.5 Å². The maximum absolute atomic E-state index is 14.5. The number of aromatic nitrogens is 1. The largest absolute Gasteiger partial charge is 0.510 e. The summed E-state index contributed by atoms with van der Waals surface area (Å²) in [6.45, 7) is 8.93. The second kappa shape index (κ2) is 25.2. The van der Waals surface area contributed by atoms with E-state index >= 15 is 0 Å². The van der Waals surface area contributed by atoms with Crippen LogP contribution >= 0.6 is 8.38 Å². The number of hydrogen-bond donors (Lipinski definition) is 2. The highest BCUT2D eigenvalue weighted by Crippen LogP contribution is 2.41. The molecule has 2 amide bonds. The molecule has 1 atom stereocenters. The number of rotatable bonds is 18. The number of pyridine rings is 1. The zero-order chi connectivity index (χ0) is 46.3. The van der Waals surface area contributed by atoms with E-state index in [2.05, 4.69) is 5.32 Å². The average molecular weight is 925 g/mol. The number of ether oxygens (including phenoxy) is 6. The second-order valence-corrected chi connectivity index (χ2v) is 16.6. The van der Waals surface area contributed by atoms with Crippen LogP contribution in [-0.2, 0) is 45.9 Å². The predicted molar refractivity (Wildman–Crippen MR) is 230 cm³/mol. The summed E-state index contributed by atoms with van der Waals surface area (Å²) >= 11 is 0. The first-order chi connectivity index (χ1) is 29.9. The molecule has 2 N–H and O–H groups in total. The van der Waals surface area contributed by atoms with Crippen molar-refractivity contribution in [2.75, 3.05) is 51.6 Å². The lowest BCUT2D eigenvalue weighted by molar-refractivity contribution is -0.0237. The maximum Gasteiger partial charge on any atom is 0.510 e. The number of benzene rings is 2. The first kappa shape index (κ1) is 52.9. The Balaban J connectivity index is 0.00000209. The lowest BCUT2D eigenvalue weighted by Gasteiger charge is -2.52. The van der Waals surface area contributed by atoms with Crippen LogP contribution in [0.25, 0.3) is 0 Å². The number of carbonyl (C=O) groups is 4. The van der Waals surface area contributed by atoms with Gasteiger partial charge in [0.05, 0.1) is 25.4 Å². The molecule has 1 unspecified atom stereocenters. The predicted octanol–water partition coefficient (Wildman–Crippen LogP) is 6.57. The molecule has 5 rings (SSSR count). The van der Waals surface area contributed by atoms with E-state index in [0.717, 1.165) is 6.07 Å². The molecule has 1 saturated heterocycles. The first-order valence-electron chi connectivity index (χ1n) is 20.1. The van der Waals surface area contributed by atoms with Crippen LogP contribution in [0.1, 0.15) is 93.8 Å². The minimum absolute atomic E-state index is 0. The molecule has 21 heteroatoms. The smallest absolute Gasteiger partial charge is 0.482 e. The van der Waals surface area contributed by atoms with E-state index in [1.807, 2.05) is 0 Å². The Hall–Kier alpha value is -5.40. The molecule has 1 aromatic heterocycles. The summed E-state index contributed by atoms with van der Waals surface area (Å²) < 4.78 is 72.8. The number of hydrogen-bond acceptors (Lipinski definition) is 15. The van der Waals surface area contributed by atoms with Crippen LogP contribution in [0.5, 0.6) is 5.75 Å². The van der Waals surface area contributed by atoms with Gasteiger partial charge in [-0.15, -0.1) is 0 Å². The second-order valence-electron chi connectivity index (χ2n) is 15.0. The highest BCUT2D eigenvalue weighted by atomic mass is 31.2. The zero-order valence-electron chi connectivity index (χ0n) is 36.3. The van der Waals surface area contributed by atoms with Crippen molar-refractivity contribution in [3.05, 3.63) is 99.0 Å². The van der Waals surface area contributed by atoms with Gasteiger partial charge in [0.1, 0.15) is 23.8 Å². The summed E-state index contributed by atoms with van der Waals surface area (Å²) in [5.74, 6) is -3.56. The molecule has 0 aliphatic carbocycles. The van der Waals surface area contributed by atoms with E-state index < -0.39 is 92.3 Å². The van der Waals surface area contributed by atoms with Crippen LogP contribution < -0.4 is 20.5 Å². The number of aliphatic hydroxyl groups excluding tert-OH is 1. The summed E-state index contributed by atoms with van der Waals surface area (Å²) in [6, 6.07) is 11.8. The molecule has 2 aliphatic rings. The van der Waals surface area contributed by atoms with Gasteiger partial charge in [-0.3, -0.25) is 33.1 Å². The average Bonchev–Trinajstić information content (AvgIpc) is 3.70. The highest BCUT2D eigenvalue weighted by Gasteiger charge is 2.52. The normalized spacial score (nSPS) is 15.4. The number of nitrogens with zero attached hydrogens (tertiary/aromatic N) is 3. The van der Waals surface area contributed by atoms with Gasteiger partial charge in [0.25, 0.3) is 11.8 Å². The van der Waals surface area contributed by atoms with Crippen molar-refractivity contribution in [2.24, 2.45) is 0 Å². The van der Waals surface area contributed by atoms with Gasteiger partial charge in [-0.25, -0.2) is 18.4 Å². The Morgan fingerprint density at radius 1 is 0.938 bits per heavy atom. The molecular weight excluding hydrogens is 865 g/mol. The Morgan fingerprint density at radius 3 is 2.09 bits per heavy atom. The van der Waals surface area contributed by atoms with Crippen LogP contribution in [0.2, 0.25) is 0 Å². The first-order valence-corrected chi connectivity index (χ1v) is 21.5. The Morgan fingerprint density at radius 2 is 1.55 bits per heavy atom. The number of aliphatic hydroxyl groups is 1.